The molecular formula is C9H7Cl2O. The van der Waals surface area contributed by atoms with Crippen LogP contribution in [-0.4, -0.2) is 6.61 Å². The molecule has 0 saturated carbocycles. The van der Waals surface area contributed by atoms with Crippen LogP contribution >= 0.6 is 23.2 Å². The molecule has 0 heterocycles. The predicted octanol–water partition coefficient (Wildman–Crippen LogP) is 3.36. The first-order valence-electron chi connectivity index (χ1n) is 3.34. The molecule has 0 unspecified atom stereocenters. The minimum atomic E-state index is 0.441. The zero-order valence-electron chi connectivity index (χ0n) is 6.31. The van der Waals surface area contributed by atoms with Gasteiger partial charge in [-0.3, -0.25) is 0 Å². The predicted molar refractivity (Wildman–Crippen MR) is 51.0 cm³/mol. The average molecular weight is 202 g/mol. The Balaban J connectivity index is 2.78. The van der Waals surface area contributed by atoms with Crippen LogP contribution in [0.25, 0.3) is 0 Å². The third-order valence-corrected chi connectivity index (χ3v) is 1.55. The largest absolute Gasteiger partial charge is 0.489 e. The monoisotopic (exact) mass is 201 g/mol. The number of rotatable bonds is 3. The Morgan fingerprint density at radius 1 is 1.42 bits per heavy atom. The smallest absolute Gasteiger partial charge is 0.122 e. The highest BCUT2D eigenvalue weighted by Crippen LogP contribution is 2.23. The van der Waals surface area contributed by atoms with Crippen LogP contribution in [0, 0.1) is 6.07 Å². The quantitative estimate of drug-likeness (QED) is 0.682. The second kappa shape index (κ2) is 4.39. The molecule has 0 fully saturated rings. The lowest BCUT2D eigenvalue weighted by Gasteiger charge is -2.03. The van der Waals surface area contributed by atoms with Gasteiger partial charge in [0.25, 0.3) is 0 Å². The lowest BCUT2D eigenvalue weighted by atomic mass is 10.3. The molecule has 0 spiro atoms. The van der Waals surface area contributed by atoms with E-state index >= 15 is 0 Å². The van der Waals surface area contributed by atoms with Crippen molar-refractivity contribution in [2.45, 2.75) is 0 Å². The fraction of sp³-hybridized carbons (Fsp3) is 0.111. The topological polar surface area (TPSA) is 9.23 Å². The number of hydrogen-bond acceptors (Lipinski definition) is 1. The molecule has 12 heavy (non-hydrogen) atoms. The first kappa shape index (κ1) is 9.43. The van der Waals surface area contributed by atoms with Crippen molar-refractivity contribution in [1.82, 2.24) is 0 Å². The molecule has 0 amide bonds. The van der Waals surface area contributed by atoms with Gasteiger partial charge in [0.2, 0.25) is 0 Å². The SMILES string of the molecule is C=CCOc1cc(Cl)[c]c(Cl)c1. The molecule has 0 atom stereocenters. The fourth-order valence-electron chi connectivity index (χ4n) is 0.716. The van der Waals surface area contributed by atoms with E-state index in [2.05, 4.69) is 12.6 Å². The number of benzene rings is 1. The van der Waals surface area contributed by atoms with Crippen molar-refractivity contribution >= 4 is 23.2 Å². The standard InChI is InChI=1S/C9H7Cl2O/c1-2-3-12-9-5-7(10)4-8(11)6-9/h2,5-6H,1,3H2. The molecule has 1 nitrogen and oxygen atoms in total. The molecule has 0 N–H and O–H groups in total. The molecule has 1 rings (SSSR count). The summed E-state index contributed by atoms with van der Waals surface area (Å²) in [6.45, 7) is 3.96. The lowest BCUT2D eigenvalue weighted by molar-refractivity contribution is 0.363. The van der Waals surface area contributed by atoms with E-state index in [9.17, 15) is 0 Å². The summed E-state index contributed by atoms with van der Waals surface area (Å²) in [4.78, 5) is 0. The second-order valence-electron chi connectivity index (χ2n) is 2.11. The Morgan fingerprint density at radius 2 is 2.00 bits per heavy atom. The van der Waals surface area contributed by atoms with Crippen LogP contribution in [0.5, 0.6) is 5.75 Å². The van der Waals surface area contributed by atoms with Gasteiger partial charge < -0.3 is 4.74 Å². The number of ether oxygens (including phenoxy) is 1. The van der Waals surface area contributed by atoms with Gasteiger partial charge in [-0.05, 0) is 12.1 Å². The summed E-state index contributed by atoms with van der Waals surface area (Å²) in [7, 11) is 0. The van der Waals surface area contributed by atoms with Gasteiger partial charge in [0.1, 0.15) is 12.4 Å². The molecule has 0 saturated heterocycles. The van der Waals surface area contributed by atoms with Crippen LogP contribution in [0.15, 0.2) is 24.8 Å². The van der Waals surface area contributed by atoms with E-state index in [1.165, 1.54) is 0 Å². The van der Waals surface area contributed by atoms with E-state index in [1.807, 2.05) is 0 Å². The summed E-state index contributed by atoms with van der Waals surface area (Å²) < 4.78 is 5.21. The number of halogens is 2. The maximum atomic E-state index is 5.68. The maximum Gasteiger partial charge on any atom is 0.122 e. The van der Waals surface area contributed by atoms with Crippen LogP contribution in [0.4, 0.5) is 0 Å². The van der Waals surface area contributed by atoms with E-state index in [4.69, 9.17) is 27.9 Å². The highest BCUT2D eigenvalue weighted by atomic mass is 35.5. The van der Waals surface area contributed by atoms with Gasteiger partial charge in [-0.1, -0.05) is 35.9 Å². The van der Waals surface area contributed by atoms with E-state index in [-0.39, 0.29) is 0 Å². The Kier molecular flexibility index (Phi) is 3.45. The molecule has 63 valence electrons. The molecule has 1 aromatic carbocycles. The Bertz CT molecular complexity index is 264. The molecule has 3 heteroatoms. The normalized spacial score (nSPS) is 9.50. The third kappa shape index (κ3) is 2.76. The summed E-state index contributed by atoms with van der Waals surface area (Å²) in [5.74, 6) is 0.628. The zero-order chi connectivity index (χ0) is 8.97. The molecule has 0 aliphatic heterocycles. The van der Waals surface area contributed by atoms with Gasteiger partial charge in [0, 0.05) is 6.07 Å². The average Bonchev–Trinajstić information content (AvgIpc) is 1.99. The highest BCUT2D eigenvalue weighted by Gasteiger charge is 1.97. The molecule has 0 aromatic heterocycles. The third-order valence-electron chi connectivity index (χ3n) is 1.14. The highest BCUT2D eigenvalue weighted by molar-refractivity contribution is 6.34. The molecule has 1 radical (unpaired) electrons. The Labute approximate surface area is 81.6 Å². The molecule has 0 aliphatic rings. The summed E-state index contributed by atoms with van der Waals surface area (Å²) in [6, 6.07) is 6.01. The summed E-state index contributed by atoms with van der Waals surface area (Å²) in [6.07, 6.45) is 1.65. The van der Waals surface area contributed by atoms with Crippen molar-refractivity contribution < 1.29 is 4.74 Å². The zero-order valence-corrected chi connectivity index (χ0v) is 7.82. The Hall–Kier alpha value is -0.660. The van der Waals surface area contributed by atoms with Crippen LogP contribution in [-0.2, 0) is 0 Å². The van der Waals surface area contributed by atoms with Crippen molar-refractivity contribution in [2.24, 2.45) is 0 Å². The van der Waals surface area contributed by atoms with Gasteiger partial charge in [-0.15, -0.1) is 0 Å². The lowest BCUT2D eigenvalue weighted by Crippen LogP contribution is -1.92. The molecule has 0 aliphatic carbocycles. The van der Waals surface area contributed by atoms with E-state index in [0.717, 1.165) is 0 Å². The van der Waals surface area contributed by atoms with Crippen molar-refractivity contribution in [3.8, 4) is 5.75 Å². The van der Waals surface area contributed by atoms with Crippen LogP contribution in [0.1, 0.15) is 0 Å². The van der Waals surface area contributed by atoms with Gasteiger partial charge >= 0.3 is 0 Å². The molecule has 0 bridgehead atoms. The molecule has 1 aromatic rings. The van der Waals surface area contributed by atoms with Gasteiger partial charge in [-0.2, -0.15) is 0 Å². The first-order chi connectivity index (χ1) is 5.72. The fourth-order valence-corrected chi connectivity index (χ4v) is 1.18. The van der Waals surface area contributed by atoms with Gasteiger partial charge in [0.15, 0.2) is 0 Å². The van der Waals surface area contributed by atoms with Gasteiger partial charge in [-0.25, -0.2) is 0 Å². The van der Waals surface area contributed by atoms with Crippen LogP contribution < -0.4 is 4.74 Å². The maximum absolute atomic E-state index is 5.68. The summed E-state index contributed by atoms with van der Waals surface area (Å²) in [5, 5.41) is 0.892. The molecular weight excluding hydrogens is 195 g/mol. The first-order valence-corrected chi connectivity index (χ1v) is 4.10. The summed E-state index contributed by atoms with van der Waals surface area (Å²) >= 11 is 11.4. The van der Waals surface area contributed by atoms with E-state index < -0.39 is 0 Å². The van der Waals surface area contributed by atoms with Crippen LogP contribution in [0.3, 0.4) is 0 Å². The van der Waals surface area contributed by atoms with E-state index in [0.29, 0.717) is 22.4 Å². The van der Waals surface area contributed by atoms with Crippen molar-refractivity contribution in [3.05, 3.63) is 40.9 Å². The van der Waals surface area contributed by atoms with E-state index in [1.54, 1.807) is 18.2 Å². The minimum absolute atomic E-state index is 0.441. The summed E-state index contributed by atoms with van der Waals surface area (Å²) in [5.41, 5.74) is 0. The van der Waals surface area contributed by atoms with Gasteiger partial charge in [0.05, 0.1) is 10.0 Å². The van der Waals surface area contributed by atoms with Crippen molar-refractivity contribution in [3.63, 3.8) is 0 Å². The van der Waals surface area contributed by atoms with Crippen LogP contribution in [0.2, 0.25) is 10.0 Å². The number of hydrogen-bond donors (Lipinski definition) is 0. The minimum Gasteiger partial charge on any atom is -0.489 e. The van der Waals surface area contributed by atoms with Crippen molar-refractivity contribution in [2.75, 3.05) is 6.61 Å². The Morgan fingerprint density at radius 3 is 2.50 bits per heavy atom. The second-order valence-corrected chi connectivity index (χ2v) is 2.93. The van der Waals surface area contributed by atoms with Crippen molar-refractivity contribution in [1.29, 1.82) is 0 Å².